The van der Waals surface area contributed by atoms with Crippen molar-refractivity contribution in [2.45, 2.75) is 6.54 Å². The molecule has 3 aromatic rings. The molecule has 3 rings (SSSR count). The number of nitrogens with zero attached hydrogens (tertiary/aromatic N) is 1. The molecule has 0 aliphatic carbocycles. The summed E-state index contributed by atoms with van der Waals surface area (Å²) in [6.07, 6.45) is 3.38. The predicted molar refractivity (Wildman–Crippen MR) is 88.3 cm³/mol. The summed E-state index contributed by atoms with van der Waals surface area (Å²) in [4.78, 5) is 19.0. The molecule has 0 fully saturated rings. The van der Waals surface area contributed by atoms with Crippen LogP contribution in [0.2, 0.25) is 5.15 Å². The number of fused-ring (bicyclic) bond motifs is 1. The maximum Gasteiger partial charge on any atom is 0.254 e. The number of rotatable bonds is 4. The first-order valence-electron chi connectivity index (χ1n) is 6.85. The van der Waals surface area contributed by atoms with Gasteiger partial charge in [0.25, 0.3) is 5.91 Å². The minimum Gasteiger partial charge on any atom is -0.380 e. The summed E-state index contributed by atoms with van der Waals surface area (Å²) in [7, 11) is 1.58. The number of carbonyl (C=O) groups is 1. The van der Waals surface area contributed by atoms with Gasteiger partial charge in [-0.25, -0.2) is 4.98 Å². The highest BCUT2D eigenvalue weighted by Gasteiger charge is 2.12. The third-order valence-corrected chi connectivity index (χ3v) is 3.70. The second-order valence-electron chi connectivity index (χ2n) is 4.84. The van der Waals surface area contributed by atoms with Gasteiger partial charge in [0, 0.05) is 36.9 Å². The predicted octanol–water partition coefficient (Wildman–Crippen LogP) is 3.19. The van der Waals surface area contributed by atoms with Crippen molar-refractivity contribution in [2.75, 3.05) is 12.4 Å². The second-order valence-corrected chi connectivity index (χ2v) is 5.23. The van der Waals surface area contributed by atoms with Crippen LogP contribution in [0.1, 0.15) is 15.9 Å². The number of aromatic amines is 1. The monoisotopic (exact) mass is 314 g/mol. The number of anilines is 1. The second kappa shape index (κ2) is 6.07. The summed E-state index contributed by atoms with van der Waals surface area (Å²) >= 11 is 5.94. The van der Waals surface area contributed by atoms with E-state index >= 15 is 0 Å². The molecule has 3 N–H and O–H groups in total. The molecule has 0 saturated heterocycles. The van der Waals surface area contributed by atoms with E-state index in [0.717, 1.165) is 16.5 Å². The van der Waals surface area contributed by atoms with E-state index in [1.165, 1.54) is 6.20 Å². The summed E-state index contributed by atoms with van der Waals surface area (Å²) in [6, 6.07) is 9.76. The average molecular weight is 315 g/mol. The molecule has 5 nitrogen and oxygen atoms in total. The Bertz CT molecular complexity index is 828. The lowest BCUT2D eigenvalue weighted by molar-refractivity contribution is 0.0963. The number of hydrogen-bond acceptors (Lipinski definition) is 3. The van der Waals surface area contributed by atoms with E-state index in [0.29, 0.717) is 22.9 Å². The van der Waals surface area contributed by atoms with Crippen LogP contribution in [0.5, 0.6) is 0 Å². The maximum absolute atomic E-state index is 11.9. The van der Waals surface area contributed by atoms with Crippen LogP contribution in [0.25, 0.3) is 10.9 Å². The molecule has 0 bridgehead atoms. The molecule has 0 spiro atoms. The van der Waals surface area contributed by atoms with E-state index in [9.17, 15) is 4.79 Å². The number of hydrogen-bond donors (Lipinski definition) is 3. The molecule has 1 amide bonds. The van der Waals surface area contributed by atoms with Crippen molar-refractivity contribution in [2.24, 2.45) is 0 Å². The minimum atomic E-state index is -0.202. The van der Waals surface area contributed by atoms with Crippen LogP contribution in [-0.4, -0.2) is 22.9 Å². The van der Waals surface area contributed by atoms with Gasteiger partial charge in [0.2, 0.25) is 0 Å². The Morgan fingerprint density at radius 1 is 1.36 bits per heavy atom. The van der Waals surface area contributed by atoms with Crippen molar-refractivity contribution in [1.29, 1.82) is 0 Å². The molecular weight excluding hydrogens is 300 g/mol. The van der Waals surface area contributed by atoms with E-state index in [2.05, 4.69) is 20.6 Å². The molecule has 0 atom stereocenters. The Labute approximate surface area is 132 Å². The Morgan fingerprint density at radius 2 is 2.23 bits per heavy atom. The van der Waals surface area contributed by atoms with Gasteiger partial charge in [0.05, 0.1) is 11.3 Å². The molecule has 1 aromatic carbocycles. The molecule has 0 aliphatic rings. The molecule has 0 saturated carbocycles. The van der Waals surface area contributed by atoms with E-state index in [1.807, 2.05) is 30.5 Å². The minimum absolute atomic E-state index is 0.202. The van der Waals surface area contributed by atoms with Crippen LogP contribution in [0.4, 0.5) is 5.69 Å². The number of halogens is 1. The lowest BCUT2D eigenvalue weighted by atomic mass is 10.1. The molecular formula is C16H15ClN4O. The van der Waals surface area contributed by atoms with Gasteiger partial charge < -0.3 is 15.6 Å². The first kappa shape index (κ1) is 14.4. The highest BCUT2D eigenvalue weighted by molar-refractivity contribution is 6.29. The van der Waals surface area contributed by atoms with Gasteiger partial charge in [-0.3, -0.25) is 4.79 Å². The van der Waals surface area contributed by atoms with Crippen molar-refractivity contribution in [3.05, 3.63) is 59.0 Å². The summed E-state index contributed by atoms with van der Waals surface area (Å²) in [6.45, 7) is 0.583. The van der Waals surface area contributed by atoms with Gasteiger partial charge in [-0.1, -0.05) is 23.7 Å². The van der Waals surface area contributed by atoms with Gasteiger partial charge in [-0.2, -0.15) is 0 Å². The summed E-state index contributed by atoms with van der Waals surface area (Å²) in [5.41, 5.74) is 3.34. The molecule has 2 heterocycles. The smallest absolute Gasteiger partial charge is 0.254 e. The molecule has 22 heavy (non-hydrogen) atoms. The average Bonchev–Trinajstić information content (AvgIpc) is 3.01. The highest BCUT2D eigenvalue weighted by atomic mass is 35.5. The number of pyridine rings is 1. The Morgan fingerprint density at radius 3 is 3.05 bits per heavy atom. The third-order valence-electron chi connectivity index (χ3n) is 3.50. The fraction of sp³-hybridized carbons (Fsp3) is 0.125. The molecule has 6 heteroatoms. The number of aromatic nitrogens is 2. The molecule has 0 radical (unpaired) electrons. The van der Waals surface area contributed by atoms with Crippen LogP contribution in [0.15, 0.2) is 42.7 Å². The van der Waals surface area contributed by atoms with Gasteiger partial charge in [0.1, 0.15) is 5.15 Å². The molecule has 112 valence electrons. The quantitative estimate of drug-likeness (QED) is 0.648. The zero-order chi connectivity index (χ0) is 15.5. The summed E-state index contributed by atoms with van der Waals surface area (Å²) in [5.74, 6) is -0.202. The number of H-pyrrole nitrogens is 1. The summed E-state index contributed by atoms with van der Waals surface area (Å²) in [5, 5.41) is 7.36. The van der Waals surface area contributed by atoms with Crippen LogP contribution in [-0.2, 0) is 6.54 Å². The molecule has 2 aromatic heterocycles. The van der Waals surface area contributed by atoms with Crippen molar-refractivity contribution in [3.63, 3.8) is 0 Å². The van der Waals surface area contributed by atoms with E-state index in [-0.39, 0.29) is 5.91 Å². The number of amides is 1. The fourth-order valence-corrected chi connectivity index (χ4v) is 2.54. The number of nitrogens with one attached hydrogen (secondary N) is 3. The Hall–Kier alpha value is -2.53. The molecule has 0 unspecified atom stereocenters. The van der Waals surface area contributed by atoms with E-state index < -0.39 is 0 Å². The van der Waals surface area contributed by atoms with Crippen molar-refractivity contribution < 1.29 is 4.79 Å². The normalized spacial score (nSPS) is 10.6. The zero-order valence-corrected chi connectivity index (χ0v) is 12.7. The lowest BCUT2D eigenvalue weighted by Crippen LogP contribution is -2.20. The highest BCUT2D eigenvalue weighted by Crippen LogP contribution is 2.22. The third kappa shape index (κ3) is 2.76. The van der Waals surface area contributed by atoms with Gasteiger partial charge >= 0.3 is 0 Å². The van der Waals surface area contributed by atoms with Crippen molar-refractivity contribution >= 4 is 34.1 Å². The van der Waals surface area contributed by atoms with Gasteiger partial charge in [-0.05, 0) is 23.8 Å². The Balaban J connectivity index is 1.89. The van der Waals surface area contributed by atoms with Gasteiger partial charge in [-0.15, -0.1) is 0 Å². The van der Waals surface area contributed by atoms with Crippen molar-refractivity contribution in [3.8, 4) is 0 Å². The topological polar surface area (TPSA) is 69.8 Å². The SMILES string of the molecule is CNC(=O)c1cnc(Cl)cc1NCc1cccc2[nH]ccc12. The standard InChI is InChI=1S/C16H15ClN4O/c1-18-16(22)12-9-21-15(17)7-14(12)20-8-10-3-2-4-13-11(10)5-6-19-13/h2-7,9,19H,8H2,1H3,(H,18,22)(H,20,21). The van der Waals surface area contributed by atoms with Crippen LogP contribution in [0.3, 0.4) is 0 Å². The first-order valence-corrected chi connectivity index (χ1v) is 7.23. The number of benzene rings is 1. The van der Waals surface area contributed by atoms with E-state index in [4.69, 9.17) is 11.6 Å². The largest absolute Gasteiger partial charge is 0.380 e. The maximum atomic E-state index is 11.9. The molecule has 0 aliphatic heterocycles. The lowest BCUT2D eigenvalue weighted by Gasteiger charge is -2.12. The van der Waals surface area contributed by atoms with Crippen LogP contribution in [0, 0.1) is 0 Å². The first-order chi connectivity index (χ1) is 10.7. The van der Waals surface area contributed by atoms with Crippen molar-refractivity contribution in [1.82, 2.24) is 15.3 Å². The number of carbonyl (C=O) groups excluding carboxylic acids is 1. The Kier molecular flexibility index (Phi) is 3.98. The fourth-order valence-electron chi connectivity index (χ4n) is 2.39. The van der Waals surface area contributed by atoms with Crippen LogP contribution < -0.4 is 10.6 Å². The summed E-state index contributed by atoms with van der Waals surface area (Å²) < 4.78 is 0. The van der Waals surface area contributed by atoms with Crippen LogP contribution >= 0.6 is 11.6 Å². The van der Waals surface area contributed by atoms with Gasteiger partial charge in [0.15, 0.2) is 0 Å². The van der Waals surface area contributed by atoms with E-state index in [1.54, 1.807) is 13.1 Å². The zero-order valence-electron chi connectivity index (χ0n) is 12.0.